The number of rotatable bonds is 6. The van der Waals surface area contributed by atoms with Crippen LogP contribution in [0.5, 0.6) is 0 Å². The van der Waals surface area contributed by atoms with Crippen LogP contribution in [0.4, 0.5) is 5.13 Å². The van der Waals surface area contributed by atoms with Crippen LogP contribution in [0.25, 0.3) is 11.3 Å². The van der Waals surface area contributed by atoms with Crippen LogP contribution in [-0.4, -0.2) is 39.9 Å². The predicted octanol–water partition coefficient (Wildman–Crippen LogP) is 2.27. The Morgan fingerprint density at radius 1 is 1.30 bits per heavy atom. The molecule has 0 saturated heterocycles. The van der Waals surface area contributed by atoms with Crippen molar-refractivity contribution in [1.82, 2.24) is 4.98 Å². The lowest BCUT2D eigenvalue weighted by molar-refractivity contribution is 0.211. The minimum atomic E-state index is -3.16. The van der Waals surface area contributed by atoms with Gasteiger partial charge < -0.3 is 10.1 Å². The van der Waals surface area contributed by atoms with Gasteiger partial charge in [-0.25, -0.2) is 13.4 Å². The van der Waals surface area contributed by atoms with E-state index in [1.54, 1.807) is 31.4 Å². The number of nitrogens with one attached hydrogen (secondary N) is 1. The molecule has 5 nitrogen and oxygen atoms in total. The van der Waals surface area contributed by atoms with Gasteiger partial charge in [0.2, 0.25) is 0 Å². The molecule has 0 aliphatic rings. The Morgan fingerprint density at radius 2 is 2.00 bits per heavy atom. The van der Waals surface area contributed by atoms with E-state index in [0.717, 1.165) is 16.4 Å². The third-order valence-electron chi connectivity index (χ3n) is 2.66. The van der Waals surface area contributed by atoms with Crippen molar-refractivity contribution in [2.45, 2.75) is 4.90 Å². The van der Waals surface area contributed by atoms with Crippen LogP contribution < -0.4 is 5.32 Å². The van der Waals surface area contributed by atoms with Gasteiger partial charge in [-0.15, -0.1) is 11.3 Å². The van der Waals surface area contributed by atoms with Crippen molar-refractivity contribution in [3.05, 3.63) is 29.6 Å². The van der Waals surface area contributed by atoms with Gasteiger partial charge in [0.05, 0.1) is 17.2 Å². The molecule has 1 aromatic carbocycles. The second-order valence-electron chi connectivity index (χ2n) is 4.25. The molecular formula is C13H16N2O3S2. The summed E-state index contributed by atoms with van der Waals surface area (Å²) in [4.78, 5) is 4.76. The summed E-state index contributed by atoms with van der Waals surface area (Å²) in [6, 6.07) is 6.73. The number of benzene rings is 1. The van der Waals surface area contributed by atoms with Crippen LogP contribution in [-0.2, 0) is 14.6 Å². The lowest BCUT2D eigenvalue weighted by atomic mass is 10.2. The largest absolute Gasteiger partial charge is 0.383 e. The van der Waals surface area contributed by atoms with Crippen molar-refractivity contribution in [3.63, 3.8) is 0 Å². The number of ether oxygens (including phenoxy) is 1. The van der Waals surface area contributed by atoms with Gasteiger partial charge in [0, 0.05) is 30.9 Å². The van der Waals surface area contributed by atoms with Crippen molar-refractivity contribution in [1.29, 1.82) is 0 Å². The molecule has 0 bridgehead atoms. The smallest absolute Gasteiger partial charge is 0.183 e. The Kier molecular flexibility index (Phi) is 4.74. The van der Waals surface area contributed by atoms with Crippen LogP contribution >= 0.6 is 11.3 Å². The quantitative estimate of drug-likeness (QED) is 0.829. The molecule has 1 N–H and O–H groups in total. The number of hydrogen-bond donors (Lipinski definition) is 1. The van der Waals surface area contributed by atoms with Gasteiger partial charge in [0.25, 0.3) is 0 Å². The van der Waals surface area contributed by atoms with E-state index in [4.69, 9.17) is 4.74 Å². The van der Waals surface area contributed by atoms with Gasteiger partial charge in [-0.3, -0.25) is 0 Å². The zero-order valence-corrected chi connectivity index (χ0v) is 12.9. The molecule has 0 unspecified atom stereocenters. The van der Waals surface area contributed by atoms with E-state index in [1.807, 2.05) is 5.38 Å². The molecule has 2 aromatic rings. The summed E-state index contributed by atoms with van der Waals surface area (Å²) in [5.74, 6) is 0. The second-order valence-corrected chi connectivity index (χ2v) is 7.13. The van der Waals surface area contributed by atoms with Gasteiger partial charge in [0.15, 0.2) is 15.0 Å². The van der Waals surface area contributed by atoms with E-state index in [1.165, 1.54) is 17.6 Å². The molecule has 108 valence electrons. The Morgan fingerprint density at radius 3 is 2.60 bits per heavy atom. The van der Waals surface area contributed by atoms with Gasteiger partial charge in [-0.1, -0.05) is 12.1 Å². The van der Waals surface area contributed by atoms with Crippen LogP contribution in [0.2, 0.25) is 0 Å². The van der Waals surface area contributed by atoms with Crippen molar-refractivity contribution in [2.75, 3.05) is 31.8 Å². The topological polar surface area (TPSA) is 68.3 Å². The number of thiazole rings is 1. The van der Waals surface area contributed by atoms with Crippen molar-refractivity contribution in [3.8, 4) is 11.3 Å². The van der Waals surface area contributed by atoms with E-state index in [-0.39, 0.29) is 0 Å². The standard InChI is InChI=1S/C13H16N2O3S2/c1-18-8-7-14-13-15-12(9-19-13)10-3-5-11(6-4-10)20(2,16)17/h3-6,9H,7-8H2,1-2H3,(H,14,15). The first kappa shape index (κ1) is 15.0. The molecule has 0 amide bonds. The molecule has 0 saturated carbocycles. The van der Waals surface area contributed by atoms with Crippen LogP contribution in [0, 0.1) is 0 Å². The Hall–Kier alpha value is -1.44. The highest BCUT2D eigenvalue weighted by Gasteiger charge is 2.08. The summed E-state index contributed by atoms with van der Waals surface area (Å²) in [6.45, 7) is 1.33. The number of anilines is 1. The SMILES string of the molecule is COCCNc1nc(-c2ccc(S(C)(=O)=O)cc2)cs1. The summed E-state index contributed by atoms with van der Waals surface area (Å²) < 4.78 is 27.7. The molecular weight excluding hydrogens is 296 g/mol. The maximum absolute atomic E-state index is 11.4. The fourth-order valence-corrected chi connectivity index (χ4v) is 3.00. The summed E-state index contributed by atoms with van der Waals surface area (Å²) in [5.41, 5.74) is 1.73. The minimum Gasteiger partial charge on any atom is -0.383 e. The highest BCUT2D eigenvalue weighted by molar-refractivity contribution is 7.90. The zero-order chi connectivity index (χ0) is 14.6. The van der Waals surface area contributed by atoms with E-state index in [9.17, 15) is 8.42 Å². The number of methoxy groups -OCH3 is 1. The van der Waals surface area contributed by atoms with Gasteiger partial charge in [-0.05, 0) is 12.1 Å². The third kappa shape index (κ3) is 3.78. The first-order valence-electron chi connectivity index (χ1n) is 5.99. The Labute approximate surface area is 122 Å². The number of nitrogens with zero attached hydrogens (tertiary/aromatic N) is 1. The zero-order valence-electron chi connectivity index (χ0n) is 11.3. The normalized spacial score (nSPS) is 11.5. The van der Waals surface area contributed by atoms with Crippen molar-refractivity contribution >= 4 is 26.3 Å². The highest BCUT2D eigenvalue weighted by atomic mass is 32.2. The van der Waals surface area contributed by atoms with Gasteiger partial charge in [0.1, 0.15) is 0 Å². The lowest BCUT2D eigenvalue weighted by Gasteiger charge is -2.01. The first-order chi connectivity index (χ1) is 9.50. The summed E-state index contributed by atoms with van der Waals surface area (Å²) >= 11 is 1.51. The summed E-state index contributed by atoms with van der Waals surface area (Å²) in [7, 11) is -1.50. The monoisotopic (exact) mass is 312 g/mol. The second kappa shape index (κ2) is 6.34. The maximum Gasteiger partial charge on any atom is 0.183 e. The molecule has 7 heteroatoms. The Balaban J connectivity index is 2.12. The molecule has 1 aromatic heterocycles. The number of aromatic nitrogens is 1. The van der Waals surface area contributed by atoms with E-state index < -0.39 is 9.84 Å². The third-order valence-corrected chi connectivity index (χ3v) is 4.59. The fourth-order valence-electron chi connectivity index (χ4n) is 1.62. The van der Waals surface area contributed by atoms with Crippen LogP contribution in [0.1, 0.15) is 0 Å². The lowest BCUT2D eigenvalue weighted by Crippen LogP contribution is -2.07. The molecule has 0 atom stereocenters. The maximum atomic E-state index is 11.4. The molecule has 0 aliphatic heterocycles. The van der Waals surface area contributed by atoms with Gasteiger partial charge in [-0.2, -0.15) is 0 Å². The average molecular weight is 312 g/mol. The fraction of sp³-hybridized carbons (Fsp3) is 0.308. The summed E-state index contributed by atoms with van der Waals surface area (Å²) in [6.07, 6.45) is 1.20. The number of sulfone groups is 1. The molecule has 0 fully saturated rings. The molecule has 1 heterocycles. The minimum absolute atomic E-state index is 0.315. The predicted molar refractivity (Wildman–Crippen MR) is 81.0 cm³/mol. The summed E-state index contributed by atoms with van der Waals surface area (Å²) in [5, 5.41) is 5.92. The molecule has 2 rings (SSSR count). The average Bonchev–Trinajstić information content (AvgIpc) is 2.87. The van der Waals surface area contributed by atoms with Gasteiger partial charge >= 0.3 is 0 Å². The Bertz CT molecular complexity index is 663. The van der Waals surface area contributed by atoms with E-state index in [2.05, 4.69) is 10.3 Å². The molecule has 0 radical (unpaired) electrons. The van der Waals surface area contributed by atoms with E-state index >= 15 is 0 Å². The van der Waals surface area contributed by atoms with Crippen molar-refractivity contribution in [2.24, 2.45) is 0 Å². The van der Waals surface area contributed by atoms with E-state index in [0.29, 0.717) is 18.0 Å². The van der Waals surface area contributed by atoms with Crippen LogP contribution in [0.15, 0.2) is 34.5 Å². The van der Waals surface area contributed by atoms with Crippen molar-refractivity contribution < 1.29 is 13.2 Å². The molecule has 20 heavy (non-hydrogen) atoms. The van der Waals surface area contributed by atoms with Crippen LogP contribution in [0.3, 0.4) is 0 Å². The molecule has 0 spiro atoms. The highest BCUT2D eigenvalue weighted by Crippen LogP contribution is 2.25. The number of hydrogen-bond acceptors (Lipinski definition) is 6. The first-order valence-corrected chi connectivity index (χ1v) is 8.76. The molecule has 0 aliphatic carbocycles.